The molecule has 1 saturated heterocycles. The molecule has 0 bridgehead atoms. The largest absolute Gasteiger partial charge is 0.337 e. The van der Waals surface area contributed by atoms with Crippen molar-refractivity contribution in [3.8, 4) is 0 Å². The van der Waals surface area contributed by atoms with E-state index in [1.807, 2.05) is 40.9 Å². The lowest BCUT2D eigenvalue weighted by Gasteiger charge is -2.23. The highest BCUT2D eigenvalue weighted by Crippen LogP contribution is 2.12. The minimum atomic E-state index is 0.0688. The van der Waals surface area contributed by atoms with Gasteiger partial charge in [-0.15, -0.1) is 0 Å². The Labute approximate surface area is 105 Å². The van der Waals surface area contributed by atoms with Crippen LogP contribution >= 0.6 is 0 Å². The maximum absolute atomic E-state index is 12.4. The van der Waals surface area contributed by atoms with E-state index >= 15 is 0 Å². The van der Waals surface area contributed by atoms with E-state index in [-0.39, 0.29) is 5.91 Å². The van der Waals surface area contributed by atoms with Crippen LogP contribution in [0.1, 0.15) is 16.8 Å². The molecule has 18 heavy (non-hydrogen) atoms. The lowest BCUT2D eigenvalue weighted by Crippen LogP contribution is -2.38. The van der Waals surface area contributed by atoms with Crippen LogP contribution in [-0.2, 0) is 0 Å². The number of likely N-dealkylation sites (N-methyl/N-ethyl adjacent to an activating group) is 1. The third kappa shape index (κ3) is 1.86. The molecule has 1 amide bonds. The molecule has 1 atom stereocenters. The molecule has 1 aliphatic heterocycles. The summed E-state index contributed by atoms with van der Waals surface area (Å²) < 4.78 is 1.87. The molecule has 1 unspecified atom stereocenters. The van der Waals surface area contributed by atoms with Gasteiger partial charge in [-0.3, -0.25) is 4.79 Å². The number of carbonyl (C=O) groups excluding carboxylic acids is 1. The van der Waals surface area contributed by atoms with E-state index in [2.05, 4.69) is 10.3 Å². The molecule has 94 valence electrons. The summed E-state index contributed by atoms with van der Waals surface area (Å²) in [7, 11) is 1.87. The van der Waals surface area contributed by atoms with Crippen molar-refractivity contribution in [2.75, 3.05) is 20.1 Å². The summed E-state index contributed by atoms with van der Waals surface area (Å²) in [5.74, 6) is 0.0688. The number of fused-ring (bicyclic) bond motifs is 1. The first kappa shape index (κ1) is 11.2. The predicted molar refractivity (Wildman–Crippen MR) is 68.6 cm³/mol. The number of pyridine rings is 1. The van der Waals surface area contributed by atoms with Gasteiger partial charge in [0.25, 0.3) is 5.91 Å². The lowest BCUT2D eigenvalue weighted by molar-refractivity contribution is 0.0743. The molecule has 0 saturated carbocycles. The van der Waals surface area contributed by atoms with Crippen LogP contribution in [0.4, 0.5) is 0 Å². The first-order chi connectivity index (χ1) is 8.75. The Morgan fingerprint density at radius 1 is 1.56 bits per heavy atom. The zero-order chi connectivity index (χ0) is 12.5. The molecule has 1 fully saturated rings. The summed E-state index contributed by atoms with van der Waals surface area (Å²) in [5.41, 5.74) is 1.56. The van der Waals surface area contributed by atoms with Crippen molar-refractivity contribution < 1.29 is 4.79 Å². The minimum absolute atomic E-state index is 0.0688. The Kier molecular flexibility index (Phi) is 2.76. The average molecular weight is 244 g/mol. The Morgan fingerprint density at radius 3 is 3.22 bits per heavy atom. The second-order valence-electron chi connectivity index (χ2n) is 4.67. The monoisotopic (exact) mass is 244 g/mol. The van der Waals surface area contributed by atoms with E-state index in [0.29, 0.717) is 11.6 Å². The summed E-state index contributed by atoms with van der Waals surface area (Å²) in [6, 6.07) is 4.01. The molecule has 1 N–H and O–H groups in total. The van der Waals surface area contributed by atoms with Crippen LogP contribution in [0.2, 0.25) is 0 Å². The van der Waals surface area contributed by atoms with Crippen LogP contribution in [0.3, 0.4) is 0 Å². The van der Waals surface area contributed by atoms with Crippen LogP contribution in [0.5, 0.6) is 0 Å². The van der Waals surface area contributed by atoms with Crippen molar-refractivity contribution in [2.45, 2.75) is 12.5 Å². The van der Waals surface area contributed by atoms with E-state index in [9.17, 15) is 4.79 Å². The minimum Gasteiger partial charge on any atom is -0.337 e. The number of hydrogen-bond donors (Lipinski definition) is 1. The van der Waals surface area contributed by atoms with Crippen LogP contribution in [0.15, 0.2) is 30.7 Å². The van der Waals surface area contributed by atoms with E-state index in [0.717, 1.165) is 25.2 Å². The number of aromatic nitrogens is 2. The van der Waals surface area contributed by atoms with Gasteiger partial charge < -0.3 is 14.6 Å². The van der Waals surface area contributed by atoms with Crippen LogP contribution < -0.4 is 5.32 Å². The molecule has 0 radical (unpaired) electrons. The molecule has 2 aromatic rings. The van der Waals surface area contributed by atoms with Crippen LogP contribution in [0, 0.1) is 0 Å². The van der Waals surface area contributed by atoms with Gasteiger partial charge in [0.15, 0.2) is 0 Å². The third-order valence-corrected chi connectivity index (χ3v) is 3.54. The number of amides is 1. The van der Waals surface area contributed by atoms with Gasteiger partial charge in [0.1, 0.15) is 5.65 Å². The summed E-state index contributed by atoms with van der Waals surface area (Å²) in [6.07, 6.45) is 6.44. The molecule has 1 aliphatic rings. The van der Waals surface area contributed by atoms with E-state index < -0.39 is 0 Å². The number of nitrogens with zero attached hydrogens (tertiary/aromatic N) is 3. The molecular weight excluding hydrogens is 228 g/mol. The van der Waals surface area contributed by atoms with Crippen molar-refractivity contribution in [3.05, 3.63) is 36.3 Å². The SMILES string of the molecule is CN(C(=O)c1ccc2nccn2c1)C1CCNC1. The first-order valence-corrected chi connectivity index (χ1v) is 6.16. The quantitative estimate of drug-likeness (QED) is 0.849. The lowest BCUT2D eigenvalue weighted by atomic mass is 10.2. The molecular formula is C13H16N4O. The van der Waals surface area contributed by atoms with Crippen molar-refractivity contribution in [1.29, 1.82) is 0 Å². The second-order valence-corrected chi connectivity index (χ2v) is 4.67. The van der Waals surface area contributed by atoms with Crippen molar-refractivity contribution >= 4 is 11.6 Å². The van der Waals surface area contributed by atoms with Crippen molar-refractivity contribution in [3.63, 3.8) is 0 Å². The summed E-state index contributed by atoms with van der Waals surface area (Å²) in [5, 5.41) is 3.28. The average Bonchev–Trinajstić information content (AvgIpc) is 3.06. The Hall–Kier alpha value is -1.88. The zero-order valence-electron chi connectivity index (χ0n) is 10.3. The second kappa shape index (κ2) is 4.42. The Balaban J connectivity index is 1.86. The first-order valence-electron chi connectivity index (χ1n) is 6.16. The highest BCUT2D eigenvalue weighted by Gasteiger charge is 2.24. The molecule has 0 aliphatic carbocycles. The van der Waals surface area contributed by atoms with Crippen LogP contribution in [0.25, 0.3) is 5.65 Å². The van der Waals surface area contributed by atoms with Gasteiger partial charge in [0, 0.05) is 38.2 Å². The van der Waals surface area contributed by atoms with Gasteiger partial charge >= 0.3 is 0 Å². The van der Waals surface area contributed by atoms with E-state index in [1.54, 1.807) is 6.20 Å². The topological polar surface area (TPSA) is 49.6 Å². The number of carbonyl (C=O) groups is 1. The van der Waals surface area contributed by atoms with Crippen molar-refractivity contribution in [1.82, 2.24) is 19.6 Å². The molecule has 0 spiro atoms. The smallest absolute Gasteiger partial charge is 0.255 e. The fourth-order valence-corrected chi connectivity index (χ4v) is 2.39. The third-order valence-electron chi connectivity index (χ3n) is 3.54. The molecule has 5 heteroatoms. The molecule has 0 aromatic carbocycles. The van der Waals surface area contributed by atoms with Gasteiger partial charge in [-0.05, 0) is 25.1 Å². The van der Waals surface area contributed by atoms with Gasteiger partial charge in [0.05, 0.1) is 5.56 Å². The van der Waals surface area contributed by atoms with E-state index in [4.69, 9.17) is 0 Å². The van der Waals surface area contributed by atoms with Crippen molar-refractivity contribution in [2.24, 2.45) is 0 Å². The van der Waals surface area contributed by atoms with Gasteiger partial charge in [0.2, 0.25) is 0 Å². The fourth-order valence-electron chi connectivity index (χ4n) is 2.39. The molecule has 2 aromatic heterocycles. The van der Waals surface area contributed by atoms with Crippen LogP contribution in [-0.4, -0.2) is 46.4 Å². The fraction of sp³-hybridized carbons (Fsp3) is 0.385. The number of hydrogen-bond acceptors (Lipinski definition) is 3. The standard InChI is InChI=1S/C13H16N4O/c1-16(11-4-5-14-8-11)13(18)10-2-3-12-15-6-7-17(12)9-10/h2-3,6-7,9,11,14H,4-5,8H2,1H3. The molecule has 5 nitrogen and oxygen atoms in total. The van der Waals surface area contributed by atoms with Gasteiger partial charge in [-0.2, -0.15) is 0 Å². The number of rotatable bonds is 2. The number of imidazole rings is 1. The zero-order valence-corrected chi connectivity index (χ0v) is 10.3. The Bertz CT molecular complexity index is 571. The highest BCUT2D eigenvalue weighted by molar-refractivity contribution is 5.94. The van der Waals surface area contributed by atoms with Gasteiger partial charge in [-0.1, -0.05) is 0 Å². The highest BCUT2D eigenvalue weighted by atomic mass is 16.2. The molecule has 3 heterocycles. The normalized spacial score (nSPS) is 19.3. The maximum atomic E-state index is 12.4. The predicted octanol–water partition coefficient (Wildman–Crippen LogP) is 0.768. The van der Waals surface area contributed by atoms with E-state index in [1.165, 1.54) is 0 Å². The summed E-state index contributed by atoms with van der Waals surface area (Å²) in [4.78, 5) is 18.4. The summed E-state index contributed by atoms with van der Waals surface area (Å²) in [6.45, 7) is 1.87. The Morgan fingerprint density at radius 2 is 2.44 bits per heavy atom. The summed E-state index contributed by atoms with van der Waals surface area (Å²) >= 11 is 0. The number of nitrogens with one attached hydrogen (secondary N) is 1. The molecule has 3 rings (SSSR count). The van der Waals surface area contributed by atoms with Gasteiger partial charge in [-0.25, -0.2) is 4.98 Å². The maximum Gasteiger partial charge on any atom is 0.255 e.